The molecule has 20 heavy (non-hydrogen) atoms. The second-order valence-corrected chi connectivity index (χ2v) is 8.21. The highest BCUT2D eigenvalue weighted by Gasteiger charge is 2.30. The van der Waals surface area contributed by atoms with E-state index in [9.17, 15) is 13.5 Å². The van der Waals surface area contributed by atoms with Gasteiger partial charge in [-0.25, -0.2) is 8.42 Å². The molecule has 0 saturated carbocycles. The van der Waals surface area contributed by atoms with Crippen molar-refractivity contribution in [1.82, 2.24) is 5.32 Å². The highest BCUT2D eigenvalue weighted by molar-refractivity contribution is 7.92. The van der Waals surface area contributed by atoms with Crippen LogP contribution in [0.2, 0.25) is 0 Å². The van der Waals surface area contributed by atoms with E-state index in [2.05, 4.69) is 5.32 Å². The van der Waals surface area contributed by atoms with Gasteiger partial charge in [0.15, 0.2) is 9.84 Å². The summed E-state index contributed by atoms with van der Waals surface area (Å²) in [6.07, 6.45) is 1.22. The lowest BCUT2D eigenvalue weighted by atomic mass is 10.1. The minimum Gasteiger partial charge on any atom is -0.508 e. The Hall–Kier alpha value is -1.27. The molecule has 0 aliphatic carbocycles. The number of benzene rings is 1. The van der Waals surface area contributed by atoms with Crippen LogP contribution in [0.5, 0.6) is 11.5 Å². The summed E-state index contributed by atoms with van der Waals surface area (Å²) in [7, 11) is -1.60. The zero-order valence-corrected chi connectivity index (χ0v) is 13.4. The van der Waals surface area contributed by atoms with E-state index in [1.165, 1.54) is 6.26 Å². The van der Waals surface area contributed by atoms with Gasteiger partial charge in [-0.05, 0) is 39.0 Å². The molecule has 0 fully saturated rings. The molecule has 5 nitrogen and oxygen atoms in total. The van der Waals surface area contributed by atoms with Crippen molar-refractivity contribution in [3.05, 3.63) is 23.8 Å². The van der Waals surface area contributed by atoms with Crippen molar-refractivity contribution < 1.29 is 18.3 Å². The van der Waals surface area contributed by atoms with Gasteiger partial charge in [0.05, 0.1) is 11.9 Å². The van der Waals surface area contributed by atoms with Crippen molar-refractivity contribution in [1.29, 1.82) is 0 Å². The average molecular weight is 301 g/mol. The number of hydrogen-bond acceptors (Lipinski definition) is 5. The maximum absolute atomic E-state index is 11.7. The molecule has 114 valence electrons. The largest absolute Gasteiger partial charge is 0.508 e. The van der Waals surface area contributed by atoms with Gasteiger partial charge < -0.3 is 15.2 Å². The molecule has 2 N–H and O–H groups in total. The first kappa shape index (κ1) is 16.8. The van der Waals surface area contributed by atoms with E-state index in [0.717, 1.165) is 0 Å². The van der Waals surface area contributed by atoms with E-state index in [0.29, 0.717) is 17.9 Å². The Morgan fingerprint density at radius 3 is 2.50 bits per heavy atom. The number of phenolic OH excluding ortho intramolecular Hbond substituents is 1. The molecule has 1 unspecified atom stereocenters. The number of aromatic hydroxyl groups is 1. The molecule has 1 aromatic rings. The first-order valence-corrected chi connectivity index (χ1v) is 8.27. The van der Waals surface area contributed by atoms with E-state index in [1.807, 2.05) is 6.92 Å². The summed E-state index contributed by atoms with van der Waals surface area (Å²) in [5.74, 6) is 0.803. The topological polar surface area (TPSA) is 75.6 Å². The first-order chi connectivity index (χ1) is 9.08. The lowest BCUT2D eigenvalue weighted by Gasteiger charge is -2.26. The van der Waals surface area contributed by atoms with Crippen LogP contribution in [-0.4, -0.2) is 38.2 Å². The zero-order chi connectivity index (χ0) is 15.6. The Morgan fingerprint density at radius 2 is 2.00 bits per heavy atom. The molecule has 0 aliphatic rings. The molecular weight excluding hydrogens is 278 g/mol. The van der Waals surface area contributed by atoms with Crippen LogP contribution in [0.25, 0.3) is 0 Å². The summed E-state index contributed by atoms with van der Waals surface area (Å²) in [5, 5.41) is 13.0. The molecule has 0 bridgehead atoms. The molecule has 6 heteroatoms. The van der Waals surface area contributed by atoms with Crippen LogP contribution < -0.4 is 10.1 Å². The molecule has 0 saturated heterocycles. The number of methoxy groups -OCH3 is 1. The molecule has 0 radical (unpaired) electrons. The number of nitrogens with one attached hydrogen (secondary N) is 1. The number of hydrogen-bond donors (Lipinski definition) is 2. The fourth-order valence-electron chi connectivity index (χ4n) is 1.65. The lowest BCUT2D eigenvalue weighted by Crippen LogP contribution is -2.42. The number of phenols is 1. The normalized spacial score (nSPS) is 14.1. The molecule has 1 aromatic carbocycles. The predicted octanol–water partition coefficient (Wildman–Crippen LogP) is 1.87. The van der Waals surface area contributed by atoms with Crippen LogP contribution in [0.15, 0.2) is 18.2 Å². The third-order valence-corrected chi connectivity index (χ3v) is 5.69. The van der Waals surface area contributed by atoms with Crippen LogP contribution >= 0.6 is 0 Å². The predicted molar refractivity (Wildman–Crippen MR) is 80.0 cm³/mol. The van der Waals surface area contributed by atoms with Crippen molar-refractivity contribution in [2.45, 2.75) is 31.6 Å². The fourth-order valence-corrected chi connectivity index (χ4v) is 1.99. The Bertz CT molecular complexity index is 567. The van der Waals surface area contributed by atoms with Crippen molar-refractivity contribution in [3.63, 3.8) is 0 Å². The van der Waals surface area contributed by atoms with Crippen LogP contribution in [0.3, 0.4) is 0 Å². The first-order valence-electron chi connectivity index (χ1n) is 6.38. The van der Waals surface area contributed by atoms with Crippen LogP contribution in [-0.2, 0) is 9.84 Å². The minimum absolute atomic E-state index is 0.156. The monoisotopic (exact) mass is 301 g/mol. The van der Waals surface area contributed by atoms with Gasteiger partial charge in [0.25, 0.3) is 0 Å². The summed E-state index contributed by atoms with van der Waals surface area (Å²) in [6, 6.07) is 4.78. The summed E-state index contributed by atoms with van der Waals surface area (Å²) in [5.41, 5.74) is 0.675. The van der Waals surface area contributed by atoms with E-state index >= 15 is 0 Å². The minimum atomic E-state index is -3.15. The fraction of sp³-hybridized carbons (Fsp3) is 0.571. The van der Waals surface area contributed by atoms with Gasteiger partial charge >= 0.3 is 0 Å². The maximum Gasteiger partial charge on any atom is 0.153 e. The highest BCUT2D eigenvalue weighted by atomic mass is 32.2. The molecule has 0 aliphatic heterocycles. The highest BCUT2D eigenvalue weighted by Crippen LogP contribution is 2.28. The van der Waals surface area contributed by atoms with E-state index in [1.54, 1.807) is 39.2 Å². The van der Waals surface area contributed by atoms with Gasteiger partial charge in [-0.1, -0.05) is 0 Å². The molecule has 1 atom stereocenters. The summed E-state index contributed by atoms with van der Waals surface area (Å²) >= 11 is 0. The Kier molecular flexibility index (Phi) is 5.05. The van der Waals surface area contributed by atoms with Gasteiger partial charge in [-0.15, -0.1) is 0 Å². The third-order valence-electron chi connectivity index (χ3n) is 3.54. The Labute approximate surface area is 120 Å². The van der Waals surface area contributed by atoms with Crippen molar-refractivity contribution in [3.8, 4) is 11.5 Å². The van der Waals surface area contributed by atoms with Crippen LogP contribution in [0.1, 0.15) is 32.4 Å². The summed E-state index contributed by atoms with van der Waals surface area (Å²) in [6.45, 7) is 5.51. The Balaban J connectivity index is 2.85. The van der Waals surface area contributed by atoms with Gasteiger partial charge in [0.2, 0.25) is 0 Å². The molecule has 0 spiro atoms. The van der Waals surface area contributed by atoms with Crippen LogP contribution in [0.4, 0.5) is 0 Å². The molecule has 0 amide bonds. The maximum atomic E-state index is 11.7. The number of sulfone groups is 1. The standard InChI is InChI=1S/C14H23NO4S/c1-10(15-9-14(2,3)20(5,17)18)12-8-11(19-4)6-7-13(12)16/h6-8,10,15-16H,9H2,1-5H3. The van der Waals surface area contributed by atoms with Gasteiger partial charge in [0, 0.05) is 24.4 Å². The van der Waals surface area contributed by atoms with E-state index in [4.69, 9.17) is 4.74 Å². The van der Waals surface area contributed by atoms with Crippen molar-refractivity contribution in [2.75, 3.05) is 19.9 Å². The molecular formula is C14H23NO4S. The van der Waals surface area contributed by atoms with Gasteiger partial charge in [-0.2, -0.15) is 0 Å². The van der Waals surface area contributed by atoms with Crippen LogP contribution in [0, 0.1) is 0 Å². The second-order valence-electron chi connectivity index (χ2n) is 5.56. The Morgan fingerprint density at radius 1 is 1.40 bits per heavy atom. The van der Waals surface area contributed by atoms with Gasteiger partial charge in [0.1, 0.15) is 11.5 Å². The van der Waals surface area contributed by atoms with Gasteiger partial charge in [-0.3, -0.25) is 0 Å². The lowest BCUT2D eigenvalue weighted by molar-refractivity contribution is 0.406. The van der Waals surface area contributed by atoms with E-state index < -0.39 is 14.6 Å². The SMILES string of the molecule is COc1ccc(O)c(C(C)NCC(C)(C)S(C)(=O)=O)c1. The molecule has 0 aromatic heterocycles. The number of ether oxygens (including phenoxy) is 1. The zero-order valence-electron chi connectivity index (χ0n) is 12.6. The summed E-state index contributed by atoms with van der Waals surface area (Å²) < 4.78 is 27.6. The quantitative estimate of drug-likeness (QED) is 0.839. The average Bonchev–Trinajstić information content (AvgIpc) is 2.35. The smallest absolute Gasteiger partial charge is 0.153 e. The second kappa shape index (κ2) is 6.01. The van der Waals surface area contributed by atoms with Crippen molar-refractivity contribution in [2.24, 2.45) is 0 Å². The third kappa shape index (κ3) is 3.86. The molecule has 1 rings (SSSR count). The number of rotatable bonds is 6. The summed E-state index contributed by atoms with van der Waals surface area (Å²) in [4.78, 5) is 0. The molecule has 0 heterocycles. The van der Waals surface area contributed by atoms with E-state index in [-0.39, 0.29) is 11.8 Å². The van der Waals surface area contributed by atoms with Crippen molar-refractivity contribution >= 4 is 9.84 Å².